The fourth-order valence-electron chi connectivity index (χ4n) is 1.71. The largest absolute Gasteiger partial charge is 0.477 e. The smallest absolute Gasteiger partial charge is 0.341 e. The number of aromatic nitrogens is 1. The Morgan fingerprint density at radius 3 is 2.44 bits per heavy atom. The van der Waals surface area contributed by atoms with Gasteiger partial charge in [0.15, 0.2) is 0 Å². The van der Waals surface area contributed by atoms with Crippen LogP contribution in [0.4, 0.5) is 0 Å². The molecule has 0 radical (unpaired) electrons. The summed E-state index contributed by atoms with van der Waals surface area (Å²) in [5.41, 5.74) is 1.38. The predicted molar refractivity (Wildman–Crippen MR) is 71.9 cm³/mol. The van der Waals surface area contributed by atoms with Crippen molar-refractivity contribution in [1.82, 2.24) is 4.98 Å². The molecule has 18 heavy (non-hydrogen) atoms. The number of carboxylic acid groups (broad SMARTS) is 1. The van der Waals surface area contributed by atoms with E-state index in [1.54, 1.807) is 6.92 Å². The number of hydrogen-bond acceptors (Lipinski definition) is 2. The summed E-state index contributed by atoms with van der Waals surface area (Å²) in [5.74, 6) is -1.23. The second-order valence-electron chi connectivity index (χ2n) is 3.86. The van der Waals surface area contributed by atoms with E-state index in [4.69, 9.17) is 5.11 Å². The van der Waals surface area contributed by atoms with Crippen molar-refractivity contribution in [3.05, 3.63) is 56.4 Å². The number of rotatable bonds is 2. The highest BCUT2D eigenvalue weighted by molar-refractivity contribution is 9.10. The fraction of sp³-hybridized carbons (Fsp3) is 0.0769. The minimum Gasteiger partial charge on any atom is -0.477 e. The van der Waals surface area contributed by atoms with Gasteiger partial charge in [0, 0.05) is 15.7 Å². The van der Waals surface area contributed by atoms with Crippen LogP contribution in [-0.4, -0.2) is 16.1 Å². The molecule has 1 aromatic heterocycles. The van der Waals surface area contributed by atoms with Crippen LogP contribution in [0.1, 0.15) is 16.1 Å². The molecule has 0 unspecified atom stereocenters. The van der Waals surface area contributed by atoms with Gasteiger partial charge in [0.05, 0.1) is 0 Å². The maximum absolute atomic E-state index is 11.5. The number of nitrogens with one attached hydrogen (secondary N) is 1. The number of pyridine rings is 1. The van der Waals surface area contributed by atoms with Crippen molar-refractivity contribution in [3.63, 3.8) is 0 Å². The molecule has 0 aliphatic heterocycles. The van der Waals surface area contributed by atoms with Gasteiger partial charge in [-0.1, -0.05) is 28.1 Å². The van der Waals surface area contributed by atoms with E-state index >= 15 is 0 Å². The molecule has 4 nitrogen and oxygen atoms in total. The van der Waals surface area contributed by atoms with Crippen LogP contribution < -0.4 is 5.56 Å². The van der Waals surface area contributed by atoms with E-state index in [0.29, 0.717) is 11.3 Å². The molecule has 0 fully saturated rings. The zero-order valence-electron chi connectivity index (χ0n) is 9.53. The summed E-state index contributed by atoms with van der Waals surface area (Å²) in [6.07, 6.45) is 0. The van der Waals surface area contributed by atoms with Crippen molar-refractivity contribution >= 4 is 21.9 Å². The van der Waals surface area contributed by atoms with Crippen molar-refractivity contribution < 1.29 is 9.90 Å². The number of aromatic amines is 1. The van der Waals surface area contributed by atoms with Crippen LogP contribution in [0.2, 0.25) is 0 Å². The lowest BCUT2D eigenvalue weighted by atomic mass is 10.0. The van der Waals surface area contributed by atoms with E-state index < -0.39 is 11.5 Å². The highest BCUT2D eigenvalue weighted by atomic mass is 79.9. The van der Waals surface area contributed by atoms with Gasteiger partial charge in [0.25, 0.3) is 5.56 Å². The third-order valence-corrected chi connectivity index (χ3v) is 3.15. The molecule has 2 aromatic rings. The van der Waals surface area contributed by atoms with Crippen molar-refractivity contribution in [1.29, 1.82) is 0 Å². The SMILES string of the molecule is Cc1[nH]c(=O)c(C(=O)O)cc1-c1ccc(Br)cc1. The molecule has 0 atom stereocenters. The molecular weight excluding hydrogens is 298 g/mol. The van der Waals surface area contributed by atoms with E-state index in [2.05, 4.69) is 20.9 Å². The summed E-state index contributed by atoms with van der Waals surface area (Å²) in [4.78, 5) is 25.0. The number of aryl methyl sites for hydroxylation is 1. The van der Waals surface area contributed by atoms with Gasteiger partial charge in [-0.2, -0.15) is 0 Å². The van der Waals surface area contributed by atoms with Crippen LogP contribution >= 0.6 is 15.9 Å². The first-order valence-electron chi connectivity index (χ1n) is 5.22. The highest BCUT2D eigenvalue weighted by Gasteiger charge is 2.12. The lowest BCUT2D eigenvalue weighted by Gasteiger charge is -2.07. The number of H-pyrrole nitrogens is 1. The molecule has 0 spiro atoms. The van der Waals surface area contributed by atoms with Gasteiger partial charge in [-0.15, -0.1) is 0 Å². The monoisotopic (exact) mass is 307 g/mol. The first kappa shape index (κ1) is 12.6. The third kappa shape index (κ3) is 2.36. The van der Waals surface area contributed by atoms with Gasteiger partial charge in [-0.05, 0) is 30.7 Å². The van der Waals surface area contributed by atoms with Gasteiger partial charge >= 0.3 is 5.97 Å². The zero-order chi connectivity index (χ0) is 13.3. The van der Waals surface area contributed by atoms with Gasteiger partial charge < -0.3 is 10.1 Å². The number of aromatic carboxylic acids is 1. The molecule has 0 saturated heterocycles. The van der Waals surface area contributed by atoms with Crippen LogP contribution in [0.25, 0.3) is 11.1 Å². The molecule has 5 heteroatoms. The Labute approximate surface area is 111 Å². The van der Waals surface area contributed by atoms with Crippen molar-refractivity contribution in [2.24, 2.45) is 0 Å². The summed E-state index contributed by atoms with van der Waals surface area (Å²) in [6.45, 7) is 1.74. The fourth-order valence-corrected chi connectivity index (χ4v) is 1.98. The minimum absolute atomic E-state index is 0.251. The summed E-state index contributed by atoms with van der Waals surface area (Å²) in [7, 11) is 0. The van der Waals surface area contributed by atoms with Crippen LogP contribution in [0.15, 0.2) is 39.6 Å². The molecule has 0 amide bonds. The van der Waals surface area contributed by atoms with Gasteiger partial charge in [-0.3, -0.25) is 4.79 Å². The second kappa shape index (κ2) is 4.78. The number of carboxylic acids is 1. The molecule has 2 N–H and O–H groups in total. The van der Waals surface area contributed by atoms with Crippen molar-refractivity contribution in [2.75, 3.05) is 0 Å². The average molecular weight is 308 g/mol. The third-order valence-electron chi connectivity index (χ3n) is 2.62. The first-order valence-corrected chi connectivity index (χ1v) is 6.01. The molecule has 2 rings (SSSR count). The highest BCUT2D eigenvalue weighted by Crippen LogP contribution is 2.23. The Hall–Kier alpha value is -1.88. The quantitative estimate of drug-likeness (QED) is 0.896. The molecule has 1 aromatic carbocycles. The average Bonchev–Trinajstić information content (AvgIpc) is 2.30. The van der Waals surface area contributed by atoms with Crippen molar-refractivity contribution in [2.45, 2.75) is 6.92 Å². The number of benzene rings is 1. The Kier molecular flexibility index (Phi) is 3.34. The van der Waals surface area contributed by atoms with E-state index in [9.17, 15) is 9.59 Å². The molecule has 0 bridgehead atoms. The van der Waals surface area contributed by atoms with Gasteiger partial charge in [0.1, 0.15) is 5.56 Å². The summed E-state index contributed by atoms with van der Waals surface area (Å²) in [5, 5.41) is 8.94. The molecule has 0 aliphatic rings. The van der Waals surface area contributed by atoms with Crippen LogP contribution in [0.3, 0.4) is 0 Å². The van der Waals surface area contributed by atoms with E-state index in [1.807, 2.05) is 24.3 Å². The molecule has 1 heterocycles. The van der Waals surface area contributed by atoms with Crippen LogP contribution in [-0.2, 0) is 0 Å². The number of halogens is 1. The van der Waals surface area contributed by atoms with Crippen LogP contribution in [0.5, 0.6) is 0 Å². The maximum Gasteiger partial charge on any atom is 0.341 e. The number of carbonyl (C=O) groups is 1. The Morgan fingerprint density at radius 2 is 1.89 bits per heavy atom. The van der Waals surface area contributed by atoms with Crippen LogP contribution in [0, 0.1) is 6.92 Å². The Bertz CT molecular complexity index is 659. The zero-order valence-corrected chi connectivity index (χ0v) is 11.1. The molecule has 92 valence electrons. The Morgan fingerprint density at radius 1 is 1.28 bits per heavy atom. The minimum atomic E-state index is -1.23. The first-order chi connectivity index (χ1) is 8.49. The van der Waals surface area contributed by atoms with E-state index in [0.717, 1.165) is 10.0 Å². The standard InChI is InChI=1S/C13H10BrNO3/c1-7-10(8-2-4-9(14)5-3-8)6-11(13(17)18)12(16)15-7/h2-6H,1H3,(H,15,16)(H,17,18). The Balaban J connectivity index is 2.64. The molecule has 0 aliphatic carbocycles. The second-order valence-corrected chi connectivity index (χ2v) is 4.78. The lowest BCUT2D eigenvalue weighted by molar-refractivity contribution is 0.0695. The lowest BCUT2D eigenvalue weighted by Crippen LogP contribution is -2.18. The normalized spacial score (nSPS) is 10.3. The molecular formula is C13H10BrNO3. The van der Waals surface area contributed by atoms with Gasteiger partial charge in [-0.25, -0.2) is 4.79 Å². The van der Waals surface area contributed by atoms with Crippen molar-refractivity contribution in [3.8, 4) is 11.1 Å². The van der Waals surface area contributed by atoms with Gasteiger partial charge in [0.2, 0.25) is 0 Å². The topological polar surface area (TPSA) is 70.2 Å². The predicted octanol–water partition coefficient (Wildman–Crippen LogP) is 2.81. The summed E-state index contributed by atoms with van der Waals surface area (Å²) >= 11 is 3.33. The number of hydrogen-bond donors (Lipinski definition) is 2. The summed E-state index contributed by atoms with van der Waals surface area (Å²) in [6, 6.07) is 8.84. The summed E-state index contributed by atoms with van der Waals surface area (Å²) < 4.78 is 0.937. The molecule has 0 saturated carbocycles. The maximum atomic E-state index is 11.5. The van der Waals surface area contributed by atoms with E-state index in [1.165, 1.54) is 6.07 Å². The van der Waals surface area contributed by atoms with E-state index in [-0.39, 0.29) is 5.56 Å².